The maximum atomic E-state index is 11.1. The first-order valence-electron chi connectivity index (χ1n) is 6.74. The third-order valence-electron chi connectivity index (χ3n) is 3.16. The lowest BCUT2D eigenvalue weighted by Crippen LogP contribution is -2.17. The number of rotatable bonds is 7. The van der Waals surface area contributed by atoms with Gasteiger partial charge in [-0.05, 0) is 31.5 Å². The number of hydrogen-bond donors (Lipinski definition) is 2. The summed E-state index contributed by atoms with van der Waals surface area (Å²) in [7, 11) is 0. The zero-order valence-corrected chi connectivity index (χ0v) is 11.5. The molecule has 5 heteroatoms. The molecule has 2 N–H and O–H groups in total. The van der Waals surface area contributed by atoms with E-state index in [9.17, 15) is 4.79 Å². The standard InChI is InChI=1S/C15H19N3O2/c1-2-18-11-12(10-17-18)9-16-8-7-13-5-3-4-6-14(13)15(19)20/h3-6,10-11,16H,2,7-9H2,1H3,(H,19,20). The van der Waals surface area contributed by atoms with Crippen LogP contribution in [0.15, 0.2) is 36.7 Å². The molecule has 2 rings (SSSR count). The SMILES string of the molecule is CCn1cc(CNCCc2ccccc2C(=O)O)cn1. The summed E-state index contributed by atoms with van der Waals surface area (Å²) in [5, 5.41) is 16.6. The Bertz CT molecular complexity index is 578. The van der Waals surface area contributed by atoms with Crippen LogP contribution in [0.4, 0.5) is 0 Å². The number of carboxylic acid groups (broad SMARTS) is 1. The Labute approximate surface area is 118 Å². The molecule has 0 aliphatic carbocycles. The van der Waals surface area contributed by atoms with Crippen molar-refractivity contribution in [1.29, 1.82) is 0 Å². The second kappa shape index (κ2) is 6.86. The predicted molar refractivity (Wildman–Crippen MR) is 76.7 cm³/mol. The van der Waals surface area contributed by atoms with E-state index in [0.29, 0.717) is 12.0 Å². The van der Waals surface area contributed by atoms with Gasteiger partial charge >= 0.3 is 5.97 Å². The summed E-state index contributed by atoms with van der Waals surface area (Å²) in [6.07, 6.45) is 4.56. The highest BCUT2D eigenvalue weighted by atomic mass is 16.4. The van der Waals surface area contributed by atoms with Crippen molar-refractivity contribution in [2.24, 2.45) is 0 Å². The molecule has 0 bridgehead atoms. The molecule has 0 unspecified atom stereocenters. The van der Waals surface area contributed by atoms with E-state index in [-0.39, 0.29) is 0 Å². The van der Waals surface area contributed by atoms with E-state index < -0.39 is 5.97 Å². The molecule has 1 aromatic heterocycles. The second-order valence-corrected chi connectivity index (χ2v) is 4.59. The largest absolute Gasteiger partial charge is 0.478 e. The van der Waals surface area contributed by atoms with Crippen LogP contribution in [0.25, 0.3) is 0 Å². The number of hydrogen-bond acceptors (Lipinski definition) is 3. The van der Waals surface area contributed by atoms with Gasteiger partial charge < -0.3 is 10.4 Å². The van der Waals surface area contributed by atoms with Gasteiger partial charge in [0.2, 0.25) is 0 Å². The maximum Gasteiger partial charge on any atom is 0.335 e. The summed E-state index contributed by atoms with van der Waals surface area (Å²) in [6, 6.07) is 7.12. The molecule has 0 aliphatic heterocycles. The smallest absolute Gasteiger partial charge is 0.335 e. The molecule has 2 aromatic rings. The topological polar surface area (TPSA) is 67.2 Å². The number of aryl methyl sites for hydroxylation is 1. The van der Waals surface area contributed by atoms with E-state index >= 15 is 0 Å². The van der Waals surface area contributed by atoms with Crippen LogP contribution >= 0.6 is 0 Å². The van der Waals surface area contributed by atoms with Gasteiger partial charge in [0.15, 0.2) is 0 Å². The molecular weight excluding hydrogens is 254 g/mol. The Kier molecular flexibility index (Phi) is 4.90. The monoisotopic (exact) mass is 273 g/mol. The summed E-state index contributed by atoms with van der Waals surface area (Å²) in [5.74, 6) is -0.871. The van der Waals surface area contributed by atoms with Gasteiger partial charge in [0, 0.05) is 24.8 Å². The van der Waals surface area contributed by atoms with Crippen molar-refractivity contribution in [3.63, 3.8) is 0 Å². The van der Waals surface area contributed by atoms with Gasteiger partial charge in [-0.1, -0.05) is 18.2 Å². The Hall–Kier alpha value is -2.14. The minimum atomic E-state index is -0.871. The minimum absolute atomic E-state index is 0.383. The van der Waals surface area contributed by atoms with Crippen molar-refractivity contribution in [1.82, 2.24) is 15.1 Å². The zero-order chi connectivity index (χ0) is 14.4. The molecule has 0 saturated carbocycles. The number of nitrogens with zero attached hydrogens (tertiary/aromatic N) is 2. The third-order valence-corrected chi connectivity index (χ3v) is 3.16. The molecule has 0 radical (unpaired) electrons. The fraction of sp³-hybridized carbons (Fsp3) is 0.333. The fourth-order valence-electron chi connectivity index (χ4n) is 2.07. The van der Waals surface area contributed by atoms with Gasteiger partial charge in [-0.25, -0.2) is 4.79 Å². The van der Waals surface area contributed by atoms with Crippen LogP contribution in [0.1, 0.15) is 28.4 Å². The summed E-state index contributed by atoms with van der Waals surface area (Å²) in [4.78, 5) is 11.1. The van der Waals surface area contributed by atoms with Crippen molar-refractivity contribution in [3.8, 4) is 0 Å². The number of carbonyl (C=O) groups is 1. The van der Waals surface area contributed by atoms with Crippen molar-refractivity contribution in [2.75, 3.05) is 6.54 Å². The van der Waals surface area contributed by atoms with Gasteiger partial charge in [0.25, 0.3) is 0 Å². The van der Waals surface area contributed by atoms with Crippen molar-refractivity contribution in [3.05, 3.63) is 53.3 Å². The van der Waals surface area contributed by atoms with E-state index in [1.165, 1.54) is 0 Å². The first-order chi connectivity index (χ1) is 9.70. The minimum Gasteiger partial charge on any atom is -0.478 e. The number of nitrogens with one attached hydrogen (secondary N) is 1. The molecule has 0 saturated heterocycles. The number of aromatic nitrogens is 2. The zero-order valence-electron chi connectivity index (χ0n) is 11.5. The van der Waals surface area contributed by atoms with Crippen molar-refractivity contribution in [2.45, 2.75) is 26.4 Å². The normalized spacial score (nSPS) is 10.7. The first-order valence-corrected chi connectivity index (χ1v) is 6.74. The quantitative estimate of drug-likeness (QED) is 0.756. The van der Waals surface area contributed by atoms with Crippen LogP contribution in [-0.2, 0) is 19.5 Å². The Balaban J connectivity index is 1.83. The molecular formula is C15H19N3O2. The van der Waals surface area contributed by atoms with Gasteiger partial charge in [-0.15, -0.1) is 0 Å². The van der Waals surface area contributed by atoms with Gasteiger partial charge in [-0.2, -0.15) is 5.10 Å². The first kappa shape index (κ1) is 14.3. The van der Waals surface area contributed by atoms with Crippen LogP contribution in [0.3, 0.4) is 0 Å². The van der Waals surface area contributed by atoms with E-state index in [1.54, 1.807) is 12.1 Å². The van der Waals surface area contributed by atoms with E-state index in [2.05, 4.69) is 10.4 Å². The lowest BCUT2D eigenvalue weighted by atomic mass is 10.0. The molecule has 0 spiro atoms. The highest BCUT2D eigenvalue weighted by Gasteiger charge is 2.08. The molecule has 0 amide bonds. The summed E-state index contributed by atoms with van der Waals surface area (Å²) >= 11 is 0. The van der Waals surface area contributed by atoms with E-state index in [1.807, 2.05) is 36.1 Å². The number of benzene rings is 1. The van der Waals surface area contributed by atoms with Crippen LogP contribution < -0.4 is 5.32 Å². The highest BCUT2D eigenvalue weighted by molar-refractivity contribution is 5.89. The molecule has 0 atom stereocenters. The molecule has 0 fully saturated rings. The fourth-order valence-corrected chi connectivity index (χ4v) is 2.07. The lowest BCUT2D eigenvalue weighted by molar-refractivity contribution is 0.0695. The van der Waals surface area contributed by atoms with Crippen LogP contribution in [0.2, 0.25) is 0 Å². The third kappa shape index (κ3) is 3.68. The number of carboxylic acids is 1. The summed E-state index contributed by atoms with van der Waals surface area (Å²) < 4.78 is 1.89. The summed E-state index contributed by atoms with van der Waals surface area (Å²) in [6.45, 7) is 4.40. The van der Waals surface area contributed by atoms with Crippen LogP contribution in [0, 0.1) is 0 Å². The second-order valence-electron chi connectivity index (χ2n) is 4.59. The number of aromatic carboxylic acids is 1. The lowest BCUT2D eigenvalue weighted by Gasteiger charge is -2.06. The molecule has 1 aromatic carbocycles. The van der Waals surface area contributed by atoms with E-state index in [0.717, 1.165) is 30.8 Å². The maximum absolute atomic E-state index is 11.1. The Morgan fingerprint density at radius 1 is 1.40 bits per heavy atom. The van der Waals surface area contributed by atoms with Crippen LogP contribution in [0.5, 0.6) is 0 Å². The predicted octanol–water partition coefficient (Wildman–Crippen LogP) is 1.93. The molecule has 5 nitrogen and oxygen atoms in total. The molecule has 106 valence electrons. The molecule has 1 heterocycles. The highest BCUT2D eigenvalue weighted by Crippen LogP contribution is 2.09. The average Bonchev–Trinajstić information content (AvgIpc) is 2.92. The van der Waals surface area contributed by atoms with Crippen molar-refractivity contribution < 1.29 is 9.90 Å². The molecule has 20 heavy (non-hydrogen) atoms. The average molecular weight is 273 g/mol. The van der Waals surface area contributed by atoms with Crippen molar-refractivity contribution >= 4 is 5.97 Å². The molecule has 0 aliphatic rings. The Morgan fingerprint density at radius 3 is 2.90 bits per heavy atom. The van der Waals surface area contributed by atoms with E-state index in [4.69, 9.17) is 5.11 Å². The van der Waals surface area contributed by atoms with Gasteiger partial charge in [0.05, 0.1) is 11.8 Å². The van der Waals surface area contributed by atoms with Gasteiger partial charge in [-0.3, -0.25) is 4.68 Å². The summed E-state index contributed by atoms with van der Waals surface area (Å²) in [5.41, 5.74) is 2.38. The Morgan fingerprint density at radius 2 is 2.20 bits per heavy atom. The van der Waals surface area contributed by atoms with Crippen LogP contribution in [-0.4, -0.2) is 27.4 Å². The van der Waals surface area contributed by atoms with Gasteiger partial charge in [0.1, 0.15) is 0 Å².